The van der Waals surface area contributed by atoms with E-state index in [1.54, 1.807) is 12.1 Å². The van der Waals surface area contributed by atoms with E-state index in [1.807, 2.05) is 42.5 Å². The van der Waals surface area contributed by atoms with Gasteiger partial charge in [0.2, 0.25) is 0 Å². The number of para-hydroxylation sites is 1. The van der Waals surface area contributed by atoms with Gasteiger partial charge < -0.3 is 5.32 Å². The van der Waals surface area contributed by atoms with E-state index in [4.69, 9.17) is 0 Å². The first-order valence-electron chi connectivity index (χ1n) is 9.23. The summed E-state index contributed by atoms with van der Waals surface area (Å²) in [6.07, 6.45) is 4.65. The Bertz CT molecular complexity index is 947. The number of aryl methyl sites for hydroxylation is 1. The van der Waals surface area contributed by atoms with Gasteiger partial charge in [-0.05, 0) is 48.7 Å². The van der Waals surface area contributed by atoms with E-state index in [0.29, 0.717) is 11.4 Å². The summed E-state index contributed by atoms with van der Waals surface area (Å²) in [7, 11) is 0. The molecule has 1 amide bonds. The Labute approximate surface area is 158 Å². The van der Waals surface area contributed by atoms with Gasteiger partial charge in [0.25, 0.3) is 11.5 Å². The van der Waals surface area contributed by atoms with E-state index in [0.717, 1.165) is 6.42 Å². The van der Waals surface area contributed by atoms with Gasteiger partial charge >= 0.3 is 0 Å². The number of anilines is 1. The molecule has 27 heavy (non-hydrogen) atoms. The Morgan fingerprint density at radius 3 is 2.41 bits per heavy atom. The molecule has 1 heterocycles. The number of hydrogen-bond donors (Lipinski definition) is 1. The lowest BCUT2D eigenvalue weighted by atomic mass is 10.1. The summed E-state index contributed by atoms with van der Waals surface area (Å²) in [6, 6.07) is 19.7. The molecule has 2 aromatic carbocycles. The number of nitrogens with one attached hydrogen (secondary N) is 1. The minimum atomic E-state index is -0.349. The lowest BCUT2D eigenvalue weighted by Gasteiger charge is -2.08. The smallest absolute Gasteiger partial charge is 0.276 e. The minimum absolute atomic E-state index is 0.186. The molecule has 0 atom stereocenters. The molecule has 0 radical (unpaired) electrons. The highest BCUT2D eigenvalue weighted by Crippen LogP contribution is 2.13. The number of carbonyl (C=O) groups excluding carboxylic acids is 1. The van der Waals surface area contributed by atoms with Gasteiger partial charge in [0.15, 0.2) is 0 Å². The van der Waals surface area contributed by atoms with Crippen LogP contribution < -0.4 is 10.9 Å². The van der Waals surface area contributed by atoms with Gasteiger partial charge in [-0.1, -0.05) is 50.1 Å². The van der Waals surface area contributed by atoms with Crippen molar-refractivity contribution >= 4 is 11.6 Å². The maximum atomic E-state index is 12.5. The zero-order valence-electron chi connectivity index (χ0n) is 15.4. The van der Waals surface area contributed by atoms with Crippen LogP contribution in [0.5, 0.6) is 0 Å². The van der Waals surface area contributed by atoms with Crippen molar-refractivity contribution in [2.24, 2.45) is 0 Å². The molecule has 5 heteroatoms. The maximum Gasteiger partial charge on any atom is 0.276 e. The van der Waals surface area contributed by atoms with Crippen LogP contribution in [0.15, 0.2) is 71.5 Å². The van der Waals surface area contributed by atoms with Crippen molar-refractivity contribution in [1.82, 2.24) is 9.78 Å². The molecule has 5 nitrogen and oxygen atoms in total. The van der Waals surface area contributed by atoms with E-state index < -0.39 is 0 Å². The van der Waals surface area contributed by atoms with Crippen LogP contribution >= 0.6 is 0 Å². The number of rotatable bonds is 7. The molecule has 0 bridgehead atoms. The van der Waals surface area contributed by atoms with Crippen LogP contribution in [0.1, 0.15) is 42.2 Å². The Kier molecular flexibility index (Phi) is 6.15. The molecule has 0 fully saturated rings. The molecular weight excluding hydrogens is 338 g/mol. The van der Waals surface area contributed by atoms with Crippen molar-refractivity contribution in [3.05, 3.63) is 88.3 Å². The number of carbonyl (C=O) groups is 1. The Hall–Kier alpha value is -3.21. The normalized spacial score (nSPS) is 10.6. The predicted molar refractivity (Wildman–Crippen MR) is 107 cm³/mol. The molecule has 3 aromatic rings. The van der Waals surface area contributed by atoms with Gasteiger partial charge in [-0.3, -0.25) is 9.59 Å². The summed E-state index contributed by atoms with van der Waals surface area (Å²) >= 11 is 0. The second-order valence-corrected chi connectivity index (χ2v) is 6.41. The van der Waals surface area contributed by atoms with E-state index in [2.05, 4.69) is 17.3 Å². The Balaban J connectivity index is 1.72. The molecule has 1 N–H and O–H groups in total. The Morgan fingerprint density at radius 2 is 1.70 bits per heavy atom. The topological polar surface area (TPSA) is 64.0 Å². The van der Waals surface area contributed by atoms with E-state index in [-0.39, 0.29) is 17.2 Å². The lowest BCUT2D eigenvalue weighted by Crippen LogP contribution is -2.24. The first kappa shape index (κ1) is 18.6. The highest BCUT2D eigenvalue weighted by atomic mass is 16.2. The molecule has 0 unspecified atom stereocenters. The SMILES string of the molecule is CCCCCc1ccc(NC(=O)c2ccc(=O)n(-c3ccccc3)n2)cc1. The average Bonchev–Trinajstić information content (AvgIpc) is 2.70. The number of amides is 1. The van der Waals surface area contributed by atoms with Gasteiger partial charge in [0.05, 0.1) is 5.69 Å². The van der Waals surface area contributed by atoms with Crippen molar-refractivity contribution in [3.63, 3.8) is 0 Å². The molecule has 0 saturated carbocycles. The van der Waals surface area contributed by atoms with Crippen LogP contribution in [0.2, 0.25) is 0 Å². The van der Waals surface area contributed by atoms with Crippen LogP contribution in [0, 0.1) is 0 Å². The average molecular weight is 361 g/mol. The van der Waals surface area contributed by atoms with Gasteiger partial charge in [-0.15, -0.1) is 0 Å². The van der Waals surface area contributed by atoms with E-state index in [9.17, 15) is 9.59 Å². The minimum Gasteiger partial charge on any atom is -0.321 e. The van der Waals surface area contributed by atoms with Gasteiger partial charge in [0.1, 0.15) is 5.69 Å². The first-order valence-corrected chi connectivity index (χ1v) is 9.23. The number of nitrogens with zero attached hydrogens (tertiary/aromatic N) is 2. The third-order valence-corrected chi connectivity index (χ3v) is 4.31. The molecule has 0 aliphatic carbocycles. The van der Waals surface area contributed by atoms with Crippen molar-refractivity contribution in [2.75, 3.05) is 5.32 Å². The summed E-state index contributed by atoms with van der Waals surface area (Å²) in [4.78, 5) is 24.6. The predicted octanol–water partition coefficient (Wildman–Crippen LogP) is 4.22. The standard InChI is InChI=1S/C22H23N3O2/c1-2-3-5-8-17-11-13-18(14-12-17)23-22(27)20-15-16-21(26)25(24-20)19-9-6-4-7-10-19/h4,6-7,9-16H,2-3,5,8H2,1H3,(H,23,27). The van der Waals surface area contributed by atoms with Crippen molar-refractivity contribution in [2.45, 2.75) is 32.6 Å². The molecule has 0 aliphatic rings. The number of aromatic nitrogens is 2. The molecular formula is C22H23N3O2. The summed E-state index contributed by atoms with van der Waals surface area (Å²) < 4.78 is 1.23. The molecule has 0 saturated heterocycles. The fraction of sp³-hybridized carbons (Fsp3) is 0.227. The number of benzene rings is 2. The fourth-order valence-electron chi connectivity index (χ4n) is 2.82. The van der Waals surface area contributed by atoms with Crippen LogP contribution in [0.4, 0.5) is 5.69 Å². The van der Waals surface area contributed by atoms with Crippen LogP contribution in [0.25, 0.3) is 5.69 Å². The highest BCUT2D eigenvalue weighted by Gasteiger charge is 2.11. The monoisotopic (exact) mass is 361 g/mol. The molecule has 0 spiro atoms. The van der Waals surface area contributed by atoms with Crippen molar-refractivity contribution < 1.29 is 4.79 Å². The zero-order chi connectivity index (χ0) is 19.1. The lowest BCUT2D eigenvalue weighted by molar-refractivity contribution is 0.102. The number of hydrogen-bond acceptors (Lipinski definition) is 3. The van der Waals surface area contributed by atoms with Gasteiger partial charge in [0, 0.05) is 11.8 Å². The highest BCUT2D eigenvalue weighted by molar-refractivity contribution is 6.02. The molecule has 138 valence electrons. The number of unbranched alkanes of at least 4 members (excludes halogenated alkanes) is 2. The second-order valence-electron chi connectivity index (χ2n) is 6.41. The van der Waals surface area contributed by atoms with Gasteiger partial charge in [-0.2, -0.15) is 9.78 Å². The van der Waals surface area contributed by atoms with E-state index in [1.165, 1.54) is 41.6 Å². The van der Waals surface area contributed by atoms with Crippen LogP contribution in [-0.2, 0) is 6.42 Å². The largest absolute Gasteiger partial charge is 0.321 e. The van der Waals surface area contributed by atoms with Crippen molar-refractivity contribution in [1.29, 1.82) is 0 Å². The summed E-state index contributed by atoms with van der Waals surface area (Å²) in [6.45, 7) is 2.19. The third-order valence-electron chi connectivity index (χ3n) is 4.31. The Morgan fingerprint density at radius 1 is 0.963 bits per heavy atom. The van der Waals surface area contributed by atoms with Crippen molar-refractivity contribution in [3.8, 4) is 5.69 Å². The second kappa shape index (κ2) is 8.94. The molecule has 3 rings (SSSR count). The molecule has 1 aromatic heterocycles. The maximum absolute atomic E-state index is 12.5. The third kappa shape index (κ3) is 4.91. The summed E-state index contributed by atoms with van der Waals surface area (Å²) in [5.74, 6) is -0.349. The summed E-state index contributed by atoms with van der Waals surface area (Å²) in [5, 5.41) is 7.03. The first-order chi connectivity index (χ1) is 13.2. The quantitative estimate of drug-likeness (QED) is 0.641. The molecule has 0 aliphatic heterocycles. The fourth-order valence-corrected chi connectivity index (χ4v) is 2.82. The van der Waals surface area contributed by atoms with Crippen LogP contribution in [0.3, 0.4) is 0 Å². The zero-order valence-corrected chi connectivity index (χ0v) is 15.4. The summed E-state index contributed by atoms with van der Waals surface area (Å²) in [5.41, 5.74) is 2.49. The van der Waals surface area contributed by atoms with Crippen LogP contribution in [-0.4, -0.2) is 15.7 Å². The van der Waals surface area contributed by atoms with Gasteiger partial charge in [-0.25, -0.2) is 0 Å². The van der Waals surface area contributed by atoms with E-state index >= 15 is 0 Å².